The fourth-order valence-electron chi connectivity index (χ4n) is 2.03. The molecule has 0 aliphatic rings. The first kappa shape index (κ1) is 20.8. The average molecular weight is 348 g/mol. The third-order valence-corrected chi connectivity index (χ3v) is 3.59. The van der Waals surface area contributed by atoms with Crippen LogP contribution in [-0.4, -0.2) is 44.7 Å². The van der Waals surface area contributed by atoms with Crippen LogP contribution in [0, 0.1) is 12.3 Å². The summed E-state index contributed by atoms with van der Waals surface area (Å²) in [6.07, 6.45) is 0.000225. The predicted octanol–water partition coefficient (Wildman–Crippen LogP) is 2.09. The molecule has 0 radical (unpaired) electrons. The molecule has 0 bridgehead atoms. The van der Waals surface area contributed by atoms with Gasteiger partial charge in [0, 0.05) is 25.6 Å². The van der Waals surface area contributed by atoms with Crippen molar-refractivity contribution in [1.82, 2.24) is 16.0 Å². The lowest BCUT2D eigenvalue weighted by atomic mass is 9.96. The summed E-state index contributed by atoms with van der Waals surface area (Å²) in [5.74, 6) is 1.62. The van der Waals surface area contributed by atoms with Gasteiger partial charge in [-0.05, 0) is 25.5 Å². The molecule has 0 spiro atoms. The Hall–Kier alpha value is -2.24. The van der Waals surface area contributed by atoms with Gasteiger partial charge in [0.15, 0.2) is 5.96 Å². The quantitative estimate of drug-likeness (QED) is 0.401. The molecule has 6 nitrogen and oxygen atoms in total. The molecule has 1 aromatic carbocycles. The fraction of sp³-hybridized carbons (Fsp3) is 0.579. The number of para-hydroxylation sites is 1. The van der Waals surface area contributed by atoms with Crippen LogP contribution in [0.25, 0.3) is 0 Å². The van der Waals surface area contributed by atoms with E-state index in [0.29, 0.717) is 25.6 Å². The van der Waals surface area contributed by atoms with E-state index in [4.69, 9.17) is 4.74 Å². The lowest BCUT2D eigenvalue weighted by molar-refractivity contribution is -0.128. The van der Waals surface area contributed by atoms with Crippen LogP contribution in [-0.2, 0) is 4.79 Å². The van der Waals surface area contributed by atoms with Gasteiger partial charge in [-0.25, -0.2) is 0 Å². The van der Waals surface area contributed by atoms with E-state index < -0.39 is 0 Å². The minimum Gasteiger partial charge on any atom is -0.489 e. The number of ether oxygens (including phenoxy) is 1. The molecule has 1 rings (SSSR count). The Morgan fingerprint density at radius 2 is 1.80 bits per heavy atom. The fourth-order valence-corrected chi connectivity index (χ4v) is 2.03. The number of benzene rings is 1. The molecule has 6 heteroatoms. The number of guanidine groups is 1. The second-order valence-electron chi connectivity index (χ2n) is 7.08. The molecule has 0 aliphatic carbocycles. The summed E-state index contributed by atoms with van der Waals surface area (Å²) in [4.78, 5) is 16.0. The summed E-state index contributed by atoms with van der Waals surface area (Å²) >= 11 is 0. The Kier molecular flexibility index (Phi) is 8.25. The summed E-state index contributed by atoms with van der Waals surface area (Å²) in [6, 6.07) is 7.96. The van der Waals surface area contributed by atoms with Gasteiger partial charge in [0.2, 0.25) is 5.91 Å². The molecule has 1 unspecified atom stereocenters. The van der Waals surface area contributed by atoms with Crippen molar-refractivity contribution in [3.05, 3.63) is 29.8 Å². The summed E-state index contributed by atoms with van der Waals surface area (Å²) in [6.45, 7) is 11.5. The normalized spacial score (nSPS) is 13.1. The number of carbonyl (C=O) groups is 1. The lowest BCUT2D eigenvalue weighted by Crippen LogP contribution is -2.45. The van der Waals surface area contributed by atoms with E-state index in [1.165, 1.54) is 0 Å². The van der Waals surface area contributed by atoms with Crippen LogP contribution in [0.2, 0.25) is 0 Å². The topological polar surface area (TPSA) is 74.8 Å². The molecule has 0 fully saturated rings. The van der Waals surface area contributed by atoms with Crippen LogP contribution < -0.4 is 20.7 Å². The summed E-state index contributed by atoms with van der Waals surface area (Å²) < 4.78 is 5.93. The molecule has 1 amide bonds. The van der Waals surface area contributed by atoms with Crippen LogP contribution in [0.3, 0.4) is 0 Å². The number of hydrogen-bond acceptors (Lipinski definition) is 3. The van der Waals surface area contributed by atoms with Crippen molar-refractivity contribution in [3.63, 3.8) is 0 Å². The van der Waals surface area contributed by atoms with Crippen LogP contribution in [0.1, 0.15) is 33.3 Å². The number of aryl methyl sites for hydroxylation is 1. The lowest BCUT2D eigenvalue weighted by Gasteiger charge is -2.20. The third kappa shape index (κ3) is 7.92. The van der Waals surface area contributed by atoms with E-state index in [0.717, 1.165) is 11.3 Å². The van der Waals surface area contributed by atoms with Crippen LogP contribution >= 0.6 is 0 Å². The van der Waals surface area contributed by atoms with Gasteiger partial charge in [0.05, 0.1) is 6.54 Å². The first-order valence-corrected chi connectivity index (χ1v) is 8.69. The van der Waals surface area contributed by atoms with Crippen LogP contribution in [0.4, 0.5) is 0 Å². The highest BCUT2D eigenvalue weighted by Gasteiger charge is 2.20. The molecule has 3 N–H and O–H groups in total. The van der Waals surface area contributed by atoms with Gasteiger partial charge in [0.25, 0.3) is 0 Å². The van der Waals surface area contributed by atoms with Gasteiger partial charge in [-0.3, -0.25) is 9.79 Å². The molecule has 0 saturated heterocycles. The standard InChI is InChI=1S/C19H32N4O2/c1-14-9-7-8-10-16(14)25-15(2)13-23-18(20-6)22-12-11-21-17(24)19(3,4)5/h7-10,15H,11-13H2,1-6H3,(H,21,24)(H2,20,22,23). The maximum absolute atomic E-state index is 11.8. The summed E-state index contributed by atoms with van der Waals surface area (Å²) in [7, 11) is 1.72. The van der Waals surface area contributed by atoms with Gasteiger partial charge < -0.3 is 20.7 Å². The Morgan fingerprint density at radius 1 is 1.16 bits per heavy atom. The van der Waals surface area contributed by atoms with Crippen LogP contribution in [0.5, 0.6) is 5.75 Å². The molecular formula is C19H32N4O2. The average Bonchev–Trinajstić information content (AvgIpc) is 2.55. The van der Waals surface area contributed by atoms with E-state index in [1.54, 1.807) is 7.05 Å². The van der Waals surface area contributed by atoms with Crippen molar-refractivity contribution in [1.29, 1.82) is 0 Å². The Labute approximate surface area is 151 Å². The highest BCUT2D eigenvalue weighted by atomic mass is 16.5. The molecule has 0 heterocycles. The molecule has 1 atom stereocenters. The second kappa shape index (κ2) is 9.91. The van der Waals surface area contributed by atoms with Crippen molar-refractivity contribution in [2.24, 2.45) is 10.4 Å². The predicted molar refractivity (Wildman–Crippen MR) is 103 cm³/mol. The van der Waals surface area contributed by atoms with Gasteiger partial charge in [-0.15, -0.1) is 0 Å². The number of rotatable bonds is 7. The number of amides is 1. The van der Waals surface area contributed by atoms with Crippen LogP contribution in [0.15, 0.2) is 29.3 Å². The van der Waals surface area contributed by atoms with E-state index >= 15 is 0 Å². The first-order valence-electron chi connectivity index (χ1n) is 8.69. The number of aliphatic imine (C=N–C) groups is 1. The van der Waals surface area contributed by atoms with Crippen molar-refractivity contribution in [2.75, 3.05) is 26.7 Å². The number of nitrogens with one attached hydrogen (secondary N) is 3. The van der Waals surface area contributed by atoms with E-state index in [-0.39, 0.29) is 17.4 Å². The van der Waals surface area contributed by atoms with Gasteiger partial charge in [0.1, 0.15) is 11.9 Å². The van der Waals surface area contributed by atoms with Crippen molar-refractivity contribution >= 4 is 11.9 Å². The van der Waals surface area contributed by atoms with Gasteiger partial charge >= 0.3 is 0 Å². The monoisotopic (exact) mass is 348 g/mol. The second-order valence-corrected chi connectivity index (χ2v) is 7.08. The maximum atomic E-state index is 11.8. The molecule has 1 aromatic rings. The Morgan fingerprint density at radius 3 is 2.40 bits per heavy atom. The highest BCUT2D eigenvalue weighted by Crippen LogP contribution is 2.17. The zero-order chi connectivity index (χ0) is 18.9. The van der Waals surface area contributed by atoms with Crippen molar-refractivity contribution in [2.45, 2.75) is 40.7 Å². The summed E-state index contributed by atoms with van der Waals surface area (Å²) in [5, 5.41) is 9.30. The maximum Gasteiger partial charge on any atom is 0.225 e. The molecule has 140 valence electrons. The number of nitrogens with zero attached hydrogens (tertiary/aromatic N) is 1. The Bertz CT molecular complexity index is 579. The molecule has 0 aromatic heterocycles. The van der Waals surface area contributed by atoms with Crippen molar-refractivity contribution in [3.8, 4) is 5.75 Å². The van der Waals surface area contributed by atoms with Gasteiger partial charge in [-0.1, -0.05) is 39.0 Å². The Balaban J connectivity index is 2.30. The zero-order valence-electron chi connectivity index (χ0n) is 16.3. The molecule has 0 saturated carbocycles. The molecule has 0 aliphatic heterocycles. The minimum atomic E-state index is -0.373. The highest BCUT2D eigenvalue weighted by molar-refractivity contribution is 5.81. The largest absolute Gasteiger partial charge is 0.489 e. The SMILES string of the molecule is CN=C(NCCNC(=O)C(C)(C)C)NCC(C)Oc1ccccc1C. The first-order chi connectivity index (χ1) is 11.7. The third-order valence-electron chi connectivity index (χ3n) is 3.59. The summed E-state index contributed by atoms with van der Waals surface area (Å²) in [5.41, 5.74) is 0.744. The van der Waals surface area contributed by atoms with E-state index in [2.05, 4.69) is 20.9 Å². The van der Waals surface area contributed by atoms with E-state index in [9.17, 15) is 4.79 Å². The van der Waals surface area contributed by atoms with Crippen molar-refractivity contribution < 1.29 is 9.53 Å². The van der Waals surface area contributed by atoms with E-state index in [1.807, 2.05) is 58.9 Å². The smallest absolute Gasteiger partial charge is 0.225 e. The number of hydrogen-bond donors (Lipinski definition) is 3. The van der Waals surface area contributed by atoms with Gasteiger partial charge in [-0.2, -0.15) is 0 Å². The molecular weight excluding hydrogens is 316 g/mol. The number of carbonyl (C=O) groups excluding carboxylic acids is 1. The molecule has 25 heavy (non-hydrogen) atoms. The minimum absolute atomic E-state index is 0.000225. The zero-order valence-corrected chi connectivity index (χ0v) is 16.3.